The molecule has 0 unspecified atom stereocenters. The molecule has 2 rings (SSSR count). The number of nitrogens with zero attached hydrogens (tertiary/aromatic N) is 1. The quantitative estimate of drug-likeness (QED) is 0.736. The van der Waals surface area contributed by atoms with E-state index < -0.39 is 10.0 Å². The zero-order valence-electron chi connectivity index (χ0n) is 11.6. The maximum absolute atomic E-state index is 12.6. The van der Waals surface area contributed by atoms with Crippen molar-refractivity contribution >= 4 is 38.5 Å². The minimum absolute atomic E-state index is 0.206. The zero-order valence-corrected chi connectivity index (χ0v) is 14.6. The van der Waals surface area contributed by atoms with Gasteiger partial charge in [0, 0.05) is 25.1 Å². The van der Waals surface area contributed by atoms with Gasteiger partial charge in [-0.2, -0.15) is 4.31 Å². The number of carbonyl (C=O) groups is 1. The van der Waals surface area contributed by atoms with Crippen LogP contribution in [0.4, 0.5) is 0 Å². The normalized spacial score (nSPS) is 17.6. The van der Waals surface area contributed by atoms with Crippen molar-refractivity contribution in [1.82, 2.24) is 4.31 Å². The van der Waals surface area contributed by atoms with Gasteiger partial charge in [-0.05, 0) is 47.6 Å². The highest BCUT2D eigenvalue weighted by Gasteiger charge is 2.31. The number of ether oxygens (including phenoxy) is 1. The number of rotatable bonds is 4. The summed E-state index contributed by atoms with van der Waals surface area (Å²) < 4.78 is 32.6. The van der Waals surface area contributed by atoms with Gasteiger partial charge < -0.3 is 10.5 Å². The lowest BCUT2D eigenvalue weighted by molar-refractivity contribution is -0.122. The van der Waals surface area contributed by atoms with E-state index in [9.17, 15) is 13.2 Å². The van der Waals surface area contributed by atoms with Crippen molar-refractivity contribution in [3.8, 4) is 5.75 Å². The van der Waals surface area contributed by atoms with Crippen molar-refractivity contribution in [2.45, 2.75) is 17.7 Å². The van der Waals surface area contributed by atoms with Crippen molar-refractivity contribution in [1.29, 1.82) is 0 Å². The second-order valence-corrected chi connectivity index (χ2v) is 7.98. The summed E-state index contributed by atoms with van der Waals surface area (Å²) in [7, 11) is -2.06. The van der Waals surface area contributed by atoms with Gasteiger partial charge in [-0.15, -0.1) is 0 Å². The van der Waals surface area contributed by atoms with Gasteiger partial charge in [0.2, 0.25) is 15.9 Å². The summed E-state index contributed by atoms with van der Waals surface area (Å²) in [6, 6.07) is 4.81. The van der Waals surface area contributed by atoms with Crippen LogP contribution in [0.2, 0.25) is 0 Å². The van der Waals surface area contributed by atoms with E-state index in [1.54, 1.807) is 12.1 Å². The Morgan fingerprint density at radius 1 is 1.38 bits per heavy atom. The van der Waals surface area contributed by atoms with E-state index in [0.717, 1.165) is 3.57 Å². The lowest BCUT2D eigenvalue weighted by Crippen LogP contribution is -2.41. The molecule has 116 valence electrons. The standard InChI is InChI=1S/C13H17IN2O4S/c1-20-12-8-10(2-3-11(12)14)21(18,19)16-6-4-9(5-7-16)13(15)17/h2-3,8-9H,4-7H2,1H3,(H2,15,17). The Bertz CT molecular complexity index is 640. The van der Waals surface area contributed by atoms with E-state index in [0.29, 0.717) is 31.7 Å². The van der Waals surface area contributed by atoms with Gasteiger partial charge in [-0.1, -0.05) is 0 Å². The van der Waals surface area contributed by atoms with Gasteiger partial charge in [0.15, 0.2) is 0 Å². The first-order valence-electron chi connectivity index (χ1n) is 6.49. The topological polar surface area (TPSA) is 89.7 Å². The van der Waals surface area contributed by atoms with E-state index in [2.05, 4.69) is 22.6 Å². The first-order valence-corrected chi connectivity index (χ1v) is 9.01. The summed E-state index contributed by atoms with van der Waals surface area (Å²) in [4.78, 5) is 11.3. The number of sulfonamides is 1. The van der Waals surface area contributed by atoms with Crippen molar-refractivity contribution in [3.05, 3.63) is 21.8 Å². The third-order valence-corrected chi connectivity index (χ3v) is 6.40. The molecule has 1 heterocycles. The molecule has 6 nitrogen and oxygen atoms in total. The Labute approximate surface area is 137 Å². The number of piperidine rings is 1. The monoisotopic (exact) mass is 424 g/mol. The Balaban J connectivity index is 2.21. The molecule has 0 spiro atoms. The van der Waals surface area contributed by atoms with Crippen LogP contribution in [-0.4, -0.2) is 38.8 Å². The molecule has 1 aromatic rings. The molecule has 1 amide bonds. The van der Waals surface area contributed by atoms with Crippen LogP contribution in [-0.2, 0) is 14.8 Å². The average molecular weight is 424 g/mol. The Kier molecular flexibility index (Phi) is 5.10. The predicted molar refractivity (Wildman–Crippen MR) is 86.4 cm³/mol. The number of halogens is 1. The number of nitrogens with two attached hydrogens (primary N) is 1. The molecule has 0 radical (unpaired) electrons. The molecule has 1 aliphatic heterocycles. The van der Waals surface area contributed by atoms with Gasteiger partial charge in [-0.25, -0.2) is 8.42 Å². The van der Waals surface area contributed by atoms with Crippen LogP contribution < -0.4 is 10.5 Å². The first-order chi connectivity index (χ1) is 9.86. The zero-order chi connectivity index (χ0) is 15.6. The SMILES string of the molecule is COc1cc(S(=O)(=O)N2CCC(C(N)=O)CC2)ccc1I. The molecule has 1 saturated heterocycles. The molecule has 2 N–H and O–H groups in total. The summed E-state index contributed by atoms with van der Waals surface area (Å²) in [5.41, 5.74) is 5.26. The van der Waals surface area contributed by atoms with Gasteiger partial charge >= 0.3 is 0 Å². The number of hydrogen-bond acceptors (Lipinski definition) is 4. The van der Waals surface area contributed by atoms with Crippen LogP contribution >= 0.6 is 22.6 Å². The van der Waals surface area contributed by atoms with Crippen LogP contribution in [0.3, 0.4) is 0 Å². The van der Waals surface area contributed by atoms with Crippen LogP contribution in [0.1, 0.15) is 12.8 Å². The number of primary amides is 1. The van der Waals surface area contributed by atoms with Crippen molar-refractivity contribution in [3.63, 3.8) is 0 Å². The van der Waals surface area contributed by atoms with Crippen LogP contribution in [0.25, 0.3) is 0 Å². The largest absolute Gasteiger partial charge is 0.496 e. The molecular weight excluding hydrogens is 407 g/mol. The minimum atomic E-state index is -3.56. The van der Waals surface area contributed by atoms with E-state index in [1.807, 2.05) is 0 Å². The van der Waals surface area contributed by atoms with E-state index >= 15 is 0 Å². The number of carbonyl (C=O) groups excluding carboxylic acids is 1. The highest BCUT2D eigenvalue weighted by atomic mass is 127. The van der Waals surface area contributed by atoms with Crippen molar-refractivity contribution in [2.24, 2.45) is 11.7 Å². The summed E-state index contributed by atoms with van der Waals surface area (Å²) in [5.74, 6) is -0.0608. The maximum Gasteiger partial charge on any atom is 0.243 e. The second-order valence-electron chi connectivity index (χ2n) is 4.88. The third kappa shape index (κ3) is 3.49. The minimum Gasteiger partial charge on any atom is -0.496 e. The predicted octanol–water partition coefficient (Wildman–Crippen LogP) is 1.19. The average Bonchev–Trinajstić information content (AvgIpc) is 2.47. The van der Waals surface area contributed by atoms with Crippen molar-refractivity contribution < 1.29 is 17.9 Å². The van der Waals surface area contributed by atoms with Crippen molar-refractivity contribution in [2.75, 3.05) is 20.2 Å². The molecule has 8 heteroatoms. The van der Waals surface area contributed by atoms with Gasteiger partial charge in [0.05, 0.1) is 15.6 Å². The van der Waals surface area contributed by atoms with Gasteiger partial charge in [-0.3, -0.25) is 4.79 Å². The summed E-state index contributed by atoms with van der Waals surface area (Å²) in [6.07, 6.45) is 0.937. The number of methoxy groups -OCH3 is 1. The van der Waals surface area contributed by atoms with E-state index in [-0.39, 0.29) is 16.7 Å². The molecule has 0 bridgehead atoms. The molecule has 1 aliphatic rings. The molecule has 0 atom stereocenters. The number of amides is 1. The molecule has 0 aromatic heterocycles. The Morgan fingerprint density at radius 2 is 2.00 bits per heavy atom. The number of hydrogen-bond donors (Lipinski definition) is 1. The summed E-state index contributed by atoms with van der Waals surface area (Å²) >= 11 is 2.08. The lowest BCUT2D eigenvalue weighted by Gasteiger charge is -2.29. The Hall–Kier alpha value is -0.870. The highest BCUT2D eigenvalue weighted by molar-refractivity contribution is 14.1. The maximum atomic E-state index is 12.6. The van der Waals surface area contributed by atoms with Crippen LogP contribution in [0.15, 0.2) is 23.1 Å². The van der Waals surface area contributed by atoms with Gasteiger partial charge in [0.1, 0.15) is 5.75 Å². The smallest absolute Gasteiger partial charge is 0.243 e. The van der Waals surface area contributed by atoms with Gasteiger partial charge in [0.25, 0.3) is 0 Å². The van der Waals surface area contributed by atoms with E-state index in [1.165, 1.54) is 17.5 Å². The molecule has 0 aliphatic carbocycles. The molecule has 0 saturated carbocycles. The molecule has 1 aromatic carbocycles. The molecular formula is C13H17IN2O4S. The fourth-order valence-corrected chi connectivity index (χ4v) is 4.37. The first kappa shape index (κ1) is 16.5. The fourth-order valence-electron chi connectivity index (χ4n) is 2.33. The van der Waals surface area contributed by atoms with E-state index in [4.69, 9.17) is 10.5 Å². The molecule has 21 heavy (non-hydrogen) atoms. The Morgan fingerprint density at radius 3 is 2.52 bits per heavy atom. The highest BCUT2D eigenvalue weighted by Crippen LogP contribution is 2.28. The summed E-state index contributed by atoms with van der Waals surface area (Å²) in [6.45, 7) is 0.620. The second kappa shape index (κ2) is 6.49. The van der Waals surface area contributed by atoms with Crippen LogP contribution in [0.5, 0.6) is 5.75 Å². The lowest BCUT2D eigenvalue weighted by atomic mass is 9.98. The number of benzene rings is 1. The summed E-state index contributed by atoms with van der Waals surface area (Å²) in [5, 5.41) is 0. The fraction of sp³-hybridized carbons (Fsp3) is 0.462. The van der Waals surface area contributed by atoms with Crippen LogP contribution in [0, 0.1) is 9.49 Å². The molecule has 1 fully saturated rings. The third-order valence-electron chi connectivity index (χ3n) is 3.62.